The van der Waals surface area contributed by atoms with E-state index in [1.165, 1.54) is 0 Å². The Morgan fingerprint density at radius 1 is 0.905 bits per heavy atom. The minimum absolute atomic E-state index is 0.496. The molecule has 21 heavy (non-hydrogen) atoms. The predicted molar refractivity (Wildman–Crippen MR) is 81.9 cm³/mol. The van der Waals surface area contributed by atoms with E-state index in [9.17, 15) is 4.79 Å². The Balaban J connectivity index is 1.88. The number of hydrogen-bond donors (Lipinski definition) is 0. The number of ether oxygens (including phenoxy) is 1. The highest BCUT2D eigenvalue weighted by molar-refractivity contribution is 5.74. The largest absolute Gasteiger partial charge is 0.487 e. The third-order valence-corrected chi connectivity index (χ3v) is 3.26. The quantitative estimate of drug-likeness (QED) is 0.663. The van der Waals surface area contributed by atoms with Gasteiger partial charge in [0.2, 0.25) is 0 Å². The first-order chi connectivity index (χ1) is 10.4. The summed E-state index contributed by atoms with van der Waals surface area (Å²) in [6.07, 6.45) is 2.70. The molecular weight excluding hydrogens is 262 g/mol. The summed E-state index contributed by atoms with van der Waals surface area (Å²) < 4.78 is 7.74. The fourth-order valence-corrected chi connectivity index (χ4v) is 2.22. The van der Waals surface area contributed by atoms with Crippen molar-refractivity contribution in [2.45, 2.75) is 6.61 Å². The summed E-state index contributed by atoms with van der Waals surface area (Å²) in [6, 6.07) is 21.3. The Bertz CT molecular complexity index is 732. The lowest BCUT2D eigenvalue weighted by molar-refractivity contribution is 0.111. The van der Waals surface area contributed by atoms with E-state index in [-0.39, 0.29) is 0 Å². The van der Waals surface area contributed by atoms with Gasteiger partial charge in [0.1, 0.15) is 12.4 Å². The van der Waals surface area contributed by atoms with E-state index in [0.29, 0.717) is 12.3 Å². The summed E-state index contributed by atoms with van der Waals surface area (Å²) >= 11 is 0. The summed E-state index contributed by atoms with van der Waals surface area (Å²) in [5, 5.41) is 0. The van der Waals surface area contributed by atoms with Crippen LogP contribution in [-0.4, -0.2) is 10.9 Å². The number of benzene rings is 2. The van der Waals surface area contributed by atoms with Crippen LogP contribution in [0, 0.1) is 0 Å². The monoisotopic (exact) mass is 277 g/mol. The first kappa shape index (κ1) is 13.2. The summed E-state index contributed by atoms with van der Waals surface area (Å²) in [6.45, 7) is 0.496. The van der Waals surface area contributed by atoms with Crippen molar-refractivity contribution in [3.63, 3.8) is 0 Å². The van der Waals surface area contributed by atoms with E-state index in [1.54, 1.807) is 6.07 Å². The molecule has 1 aromatic heterocycles. The molecule has 0 fully saturated rings. The highest BCUT2D eigenvalue weighted by Crippen LogP contribution is 2.24. The molecule has 2 aromatic carbocycles. The van der Waals surface area contributed by atoms with E-state index < -0.39 is 0 Å². The lowest BCUT2D eigenvalue weighted by Gasteiger charge is -2.13. The molecule has 0 spiro atoms. The van der Waals surface area contributed by atoms with E-state index in [0.717, 1.165) is 23.3 Å². The Labute approximate surface area is 123 Å². The van der Waals surface area contributed by atoms with Crippen LogP contribution in [0.5, 0.6) is 5.75 Å². The zero-order chi connectivity index (χ0) is 14.5. The van der Waals surface area contributed by atoms with Gasteiger partial charge in [0.25, 0.3) is 0 Å². The number of rotatable bonds is 5. The van der Waals surface area contributed by atoms with Gasteiger partial charge in [-0.3, -0.25) is 4.79 Å². The van der Waals surface area contributed by atoms with Crippen LogP contribution in [0.15, 0.2) is 72.9 Å². The highest BCUT2D eigenvalue weighted by atomic mass is 16.5. The van der Waals surface area contributed by atoms with E-state index >= 15 is 0 Å². The van der Waals surface area contributed by atoms with Gasteiger partial charge in [-0.05, 0) is 29.8 Å². The molecule has 3 aromatic rings. The second-order valence-electron chi connectivity index (χ2n) is 4.66. The molecule has 0 atom stereocenters. The van der Waals surface area contributed by atoms with Gasteiger partial charge in [-0.1, -0.05) is 42.5 Å². The van der Waals surface area contributed by atoms with Gasteiger partial charge in [-0.15, -0.1) is 0 Å². The molecule has 0 aliphatic carbocycles. The minimum atomic E-state index is 0.496. The maximum atomic E-state index is 11.1. The van der Waals surface area contributed by atoms with E-state index in [4.69, 9.17) is 4.74 Å². The van der Waals surface area contributed by atoms with Crippen molar-refractivity contribution in [1.82, 2.24) is 4.57 Å². The lowest BCUT2D eigenvalue weighted by Crippen LogP contribution is -2.02. The molecule has 3 rings (SSSR count). The van der Waals surface area contributed by atoms with Crippen molar-refractivity contribution < 1.29 is 9.53 Å². The minimum Gasteiger partial charge on any atom is -0.487 e. The van der Waals surface area contributed by atoms with Crippen molar-refractivity contribution in [3.8, 4) is 11.4 Å². The maximum Gasteiger partial charge on any atom is 0.166 e. The summed E-state index contributed by atoms with van der Waals surface area (Å²) in [5.74, 6) is 0.751. The molecule has 0 bridgehead atoms. The molecule has 104 valence electrons. The van der Waals surface area contributed by atoms with Crippen molar-refractivity contribution >= 4 is 6.29 Å². The Morgan fingerprint density at radius 3 is 2.48 bits per heavy atom. The Morgan fingerprint density at radius 2 is 1.67 bits per heavy atom. The van der Waals surface area contributed by atoms with Gasteiger partial charge in [0.05, 0.1) is 11.4 Å². The molecule has 0 aliphatic rings. The normalized spacial score (nSPS) is 10.3. The van der Waals surface area contributed by atoms with Crippen molar-refractivity contribution in [1.29, 1.82) is 0 Å². The topological polar surface area (TPSA) is 31.2 Å². The molecule has 0 saturated carbocycles. The van der Waals surface area contributed by atoms with E-state index in [1.807, 2.05) is 71.4 Å². The van der Waals surface area contributed by atoms with Crippen molar-refractivity contribution in [3.05, 3.63) is 84.2 Å². The number of carbonyl (C=O) groups excluding carboxylic acids is 1. The molecule has 0 N–H and O–H groups in total. The first-order valence-electron chi connectivity index (χ1n) is 6.77. The molecule has 0 unspecified atom stereocenters. The number of carbonyl (C=O) groups is 1. The van der Waals surface area contributed by atoms with Crippen molar-refractivity contribution in [2.24, 2.45) is 0 Å². The Hall–Kier alpha value is -2.81. The van der Waals surface area contributed by atoms with E-state index in [2.05, 4.69) is 0 Å². The molecule has 1 heterocycles. The molecule has 0 aliphatic heterocycles. The summed E-state index contributed by atoms with van der Waals surface area (Å²) in [7, 11) is 0. The SMILES string of the molecule is O=Cc1cccn1-c1ccccc1OCc1ccccc1. The average Bonchev–Trinajstić information content (AvgIpc) is 3.02. The van der Waals surface area contributed by atoms with Crippen LogP contribution in [0.2, 0.25) is 0 Å². The van der Waals surface area contributed by atoms with Crippen LogP contribution >= 0.6 is 0 Å². The standard InChI is InChI=1S/C18H15NO2/c20-13-16-9-6-12-19(16)17-10-4-5-11-18(17)21-14-15-7-2-1-3-8-15/h1-13H,14H2. The van der Waals surface area contributed by atoms with Gasteiger partial charge in [0, 0.05) is 6.20 Å². The van der Waals surface area contributed by atoms with Gasteiger partial charge >= 0.3 is 0 Å². The fraction of sp³-hybridized carbons (Fsp3) is 0.0556. The average molecular weight is 277 g/mol. The second kappa shape index (κ2) is 6.09. The molecule has 0 amide bonds. The predicted octanol–water partition coefficient (Wildman–Crippen LogP) is 3.87. The maximum absolute atomic E-state index is 11.1. The van der Waals surface area contributed by atoms with Gasteiger partial charge in [-0.2, -0.15) is 0 Å². The van der Waals surface area contributed by atoms with Gasteiger partial charge in [-0.25, -0.2) is 0 Å². The molecule has 3 nitrogen and oxygen atoms in total. The zero-order valence-corrected chi connectivity index (χ0v) is 11.5. The zero-order valence-electron chi connectivity index (χ0n) is 11.5. The van der Waals surface area contributed by atoms with Gasteiger partial charge in [0.15, 0.2) is 6.29 Å². The van der Waals surface area contributed by atoms with Crippen LogP contribution in [0.4, 0.5) is 0 Å². The molecular formula is C18H15NO2. The van der Waals surface area contributed by atoms with Crippen LogP contribution < -0.4 is 4.74 Å². The Kier molecular flexibility index (Phi) is 3.83. The molecule has 3 heteroatoms. The number of para-hydroxylation sites is 2. The number of nitrogens with zero attached hydrogens (tertiary/aromatic N) is 1. The number of hydrogen-bond acceptors (Lipinski definition) is 2. The van der Waals surface area contributed by atoms with Crippen LogP contribution in [0.3, 0.4) is 0 Å². The molecule has 0 saturated heterocycles. The first-order valence-corrected chi connectivity index (χ1v) is 6.77. The van der Waals surface area contributed by atoms with Crippen molar-refractivity contribution in [2.75, 3.05) is 0 Å². The second-order valence-corrected chi connectivity index (χ2v) is 4.66. The lowest BCUT2D eigenvalue weighted by atomic mass is 10.2. The number of aldehydes is 1. The third-order valence-electron chi connectivity index (χ3n) is 3.26. The highest BCUT2D eigenvalue weighted by Gasteiger charge is 2.08. The van der Waals surface area contributed by atoms with Crippen LogP contribution in [-0.2, 0) is 6.61 Å². The van der Waals surface area contributed by atoms with Crippen LogP contribution in [0.25, 0.3) is 5.69 Å². The van der Waals surface area contributed by atoms with Crippen LogP contribution in [0.1, 0.15) is 16.1 Å². The van der Waals surface area contributed by atoms with Gasteiger partial charge < -0.3 is 9.30 Å². The summed E-state index contributed by atoms with van der Waals surface area (Å²) in [4.78, 5) is 11.1. The summed E-state index contributed by atoms with van der Waals surface area (Å²) in [5.41, 5.74) is 2.57. The smallest absolute Gasteiger partial charge is 0.166 e. The third kappa shape index (κ3) is 2.87. The fourth-order valence-electron chi connectivity index (χ4n) is 2.22. The molecule has 0 radical (unpaired) electrons. The number of aromatic nitrogens is 1.